The number of carbonyl (C=O) groups excluding carboxylic acids is 1. The summed E-state index contributed by atoms with van der Waals surface area (Å²) in [7, 11) is 1.58. The van der Waals surface area contributed by atoms with Gasteiger partial charge in [0.15, 0.2) is 0 Å². The number of hydrogen-bond acceptors (Lipinski definition) is 5. The molecule has 2 rings (SSSR count). The normalized spacial score (nSPS) is 10.5. The third-order valence-corrected chi connectivity index (χ3v) is 3.52. The summed E-state index contributed by atoms with van der Waals surface area (Å²) in [4.78, 5) is 23.5. The Labute approximate surface area is 145 Å². The minimum absolute atomic E-state index is 0.122. The fraction of sp³-hybridized carbons (Fsp3) is 0.333. The molecular formula is C18H21NO6. The summed E-state index contributed by atoms with van der Waals surface area (Å²) in [5, 5.41) is 11.7. The van der Waals surface area contributed by atoms with Gasteiger partial charge in [-0.25, -0.2) is 0 Å². The zero-order valence-corrected chi connectivity index (χ0v) is 14.4. The lowest BCUT2D eigenvalue weighted by molar-refractivity contribution is -0.136. The van der Waals surface area contributed by atoms with E-state index in [4.69, 9.17) is 19.0 Å². The van der Waals surface area contributed by atoms with Crippen LogP contribution in [-0.2, 0) is 16.0 Å². The quantitative estimate of drug-likeness (QED) is 0.713. The lowest BCUT2D eigenvalue weighted by Gasteiger charge is -2.13. The average molecular weight is 347 g/mol. The van der Waals surface area contributed by atoms with Gasteiger partial charge in [-0.1, -0.05) is 6.07 Å². The van der Waals surface area contributed by atoms with Gasteiger partial charge >= 0.3 is 5.97 Å². The maximum atomic E-state index is 12.6. The summed E-state index contributed by atoms with van der Waals surface area (Å²) in [6, 6.07) is 5.40. The van der Waals surface area contributed by atoms with Crippen LogP contribution in [0.3, 0.4) is 0 Å². The summed E-state index contributed by atoms with van der Waals surface area (Å²) in [5.41, 5.74) is 2.28. The van der Waals surface area contributed by atoms with Crippen LogP contribution in [0.5, 0.6) is 5.75 Å². The Bertz CT molecular complexity index is 765. The van der Waals surface area contributed by atoms with Gasteiger partial charge in [-0.15, -0.1) is 0 Å². The first-order valence-corrected chi connectivity index (χ1v) is 7.75. The van der Waals surface area contributed by atoms with E-state index in [0.29, 0.717) is 30.2 Å². The molecule has 0 aliphatic rings. The van der Waals surface area contributed by atoms with Crippen molar-refractivity contribution in [2.24, 2.45) is 0 Å². The molecule has 0 unspecified atom stereocenters. The van der Waals surface area contributed by atoms with Crippen LogP contribution in [0.4, 0.5) is 5.69 Å². The van der Waals surface area contributed by atoms with Gasteiger partial charge in [0.05, 0.1) is 24.1 Å². The summed E-state index contributed by atoms with van der Waals surface area (Å²) < 4.78 is 15.8. The highest BCUT2D eigenvalue weighted by atomic mass is 16.5. The molecule has 0 saturated carbocycles. The van der Waals surface area contributed by atoms with Crippen LogP contribution in [0.25, 0.3) is 0 Å². The molecule has 1 heterocycles. The zero-order chi connectivity index (χ0) is 18.4. The van der Waals surface area contributed by atoms with Gasteiger partial charge in [0.1, 0.15) is 24.5 Å². The third-order valence-electron chi connectivity index (χ3n) is 3.52. The number of benzene rings is 1. The molecule has 1 aromatic heterocycles. The SMILES string of the molecule is COCCOc1cc(C)ccc1NC(=O)c1c(C)coc1CC(=O)O. The predicted octanol–water partition coefficient (Wildman–Crippen LogP) is 2.80. The largest absolute Gasteiger partial charge is 0.489 e. The van der Waals surface area contributed by atoms with Crippen molar-refractivity contribution in [3.8, 4) is 5.75 Å². The number of carbonyl (C=O) groups is 2. The van der Waals surface area contributed by atoms with Crippen LogP contribution in [0.2, 0.25) is 0 Å². The fourth-order valence-corrected chi connectivity index (χ4v) is 2.34. The highest BCUT2D eigenvalue weighted by Crippen LogP contribution is 2.27. The van der Waals surface area contributed by atoms with Gasteiger partial charge < -0.3 is 24.3 Å². The van der Waals surface area contributed by atoms with Crippen molar-refractivity contribution in [1.29, 1.82) is 0 Å². The number of amides is 1. The van der Waals surface area contributed by atoms with Crippen molar-refractivity contribution < 1.29 is 28.6 Å². The monoisotopic (exact) mass is 347 g/mol. The Hall–Kier alpha value is -2.80. The van der Waals surface area contributed by atoms with Crippen LogP contribution in [0, 0.1) is 13.8 Å². The van der Waals surface area contributed by atoms with Crippen LogP contribution >= 0.6 is 0 Å². The lowest BCUT2D eigenvalue weighted by atomic mass is 10.1. The number of nitrogens with one attached hydrogen (secondary N) is 1. The second-order valence-corrected chi connectivity index (χ2v) is 5.58. The molecule has 0 saturated heterocycles. The molecule has 7 heteroatoms. The Balaban J connectivity index is 2.23. The molecule has 0 aliphatic heterocycles. The standard InChI is InChI=1S/C18H21NO6/c1-11-4-5-13(14(8-11)24-7-6-23-3)19-18(22)17-12(2)10-25-15(17)9-16(20)21/h4-5,8,10H,6-7,9H2,1-3H3,(H,19,22)(H,20,21). The van der Waals surface area contributed by atoms with E-state index in [1.807, 2.05) is 19.1 Å². The Morgan fingerprint density at radius 1 is 1.24 bits per heavy atom. The molecule has 0 spiro atoms. The molecule has 1 aromatic carbocycles. The molecule has 0 atom stereocenters. The highest BCUT2D eigenvalue weighted by molar-refractivity contribution is 6.07. The van der Waals surface area contributed by atoms with E-state index in [1.54, 1.807) is 20.1 Å². The summed E-state index contributed by atoms with van der Waals surface area (Å²) in [6.45, 7) is 4.37. The minimum atomic E-state index is -1.07. The molecule has 0 fully saturated rings. The summed E-state index contributed by atoms with van der Waals surface area (Å²) in [5.74, 6) is -0.868. The van der Waals surface area contributed by atoms with Gasteiger partial charge in [0.2, 0.25) is 0 Å². The fourth-order valence-electron chi connectivity index (χ4n) is 2.34. The molecule has 2 N–H and O–H groups in total. The molecule has 0 radical (unpaired) electrons. The second-order valence-electron chi connectivity index (χ2n) is 5.58. The first-order chi connectivity index (χ1) is 11.9. The minimum Gasteiger partial charge on any atom is -0.489 e. The topological polar surface area (TPSA) is 98.0 Å². The lowest BCUT2D eigenvalue weighted by Crippen LogP contribution is -2.16. The van der Waals surface area contributed by atoms with E-state index in [-0.39, 0.29) is 17.7 Å². The number of methoxy groups -OCH3 is 1. The van der Waals surface area contributed by atoms with Crippen molar-refractivity contribution in [1.82, 2.24) is 0 Å². The second kappa shape index (κ2) is 8.34. The number of carboxylic acid groups (broad SMARTS) is 1. The molecule has 0 aliphatic carbocycles. The predicted molar refractivity (Wildman–Crippen MR) is 91.3 cm³/mol. The molecule has 134 valence electrons. The summed E-state index contributed by atoms with van der Waals surface area (Å²) in [6.07, 6.45) is 1.01. The Morgan fingerprint density at radius 2 is 2.00 bits per heavy atom. The number of aliphatic carboxylic acids is 1. The van der Waals surface area contributed by atoms with Crippen molar-refractivity contribution in [3.05, 3.63) is 46.9 Å². The van der Waals surface area contributed by atoms with Crippen LogP contribution < -0.4 is 10.1 Å². The summed E-state index contributed by atoms with van der Waals surface area (Å²) >= 11 is 0. The van der Waals surface area contributed by atoms with Gasteiger partial charge in [-0.05, 0) is 31.5 Å². The average Bonchev–Trinajstić information content (AvgIpc) is 2.90. The van der Waals surface area contributed by atoms with Gasteiger partial charge in [-0.2, -0.15) is 0 Å². The number of anilines is 1. The first kappa shape index (κ1) is 18.5. The maximum absolute atomic E-state index is 12.6. The zero-order valence-electron chi connectivity index (χ0n) is 14.4. The van der Waals surface area contributed by atoms with Gasteiger partial charge in [-0.3, -0.25) is 9.59 Å². The Kier molecular flexibility index (Phi) is 6.19. The first-order valence-electron chi connectivity index (χ1n) is 7.75. The van der Waals surface area contributed by atoms with E-state index in [9.17, 15) is 9.59 Å². The highest BCUT2D eigenvalue weighted by Gasteiger charge is 2.21. The van der Waals surface area contributed by atoms with Crippen molar-refractivity contribution in [2.45, 2.75) is 20.3 Å². The van der Waals surface area contributed by atoms with Crippen LogP contribution in [0.15, 0.2) is 28.9 Å². The van der Waals surface area contributed by atoms with E-state index >= 15 is 0 Å². The number of rotatable bonds is 8. The van der Waals surface area contributed by atoms with Crippen LogP contribution in [0.1, 0.15) is 27.2 Å². The van der Waals surface area contributed by atoms with Crippen molar-refractivity contribution in [2.75, 3.05) is 25.6 Å². The van der Waals surface area contributed by atoms with E-state index in [2.05, 4.69) is 5.32 Å². The van der Waals surface area contributed by atoms with Crippen LogP contribution in [-0.4, -0.2) is 37.3 Å². The number of furan rings is 1. The number of carboxylic acids is 1. The number of ether oxygens (including phenoxy) is 2. The van der Waals surface area contributed by atoms with E-state index in [1.165, 1.54) is 6.26 Å². The van der Waals surface area contributed by atoms with Crippen molar-refractivity contribution in [3.63, 3.8) is 0 Å². The third kappa shape index (κ3) is 4.84. The van der Waals surface area contributed by atoms with E-state index < -0.39 is 11.9 Å². The maximum Gasteiger partial charge on any atom is 0.311 e. The molecular weight excluding hydrogens is 326 g/mol. The Morgan fingerprint density at radius 3 is 2.68 bits per heavy atom. The van der Waals surface area contributed by atoms with Gasteiger partial charge in [0, 0.05) is 12.7 Å². The molecule has 25 heavy (non-hydrogen) atoms. The molecule has 7 nitrogen and oxygen atoms in total. The molecule has 1 amide bonds. The number of hydrogen-bond donors (Lipinski definition) is 2. The smallest absolute Gasteiger partial charge is 0.311 e. The van der Waals surface area contributed by atoms with Gasteiger partial charge in [0.25, 0.3) is 5.91 Å². The molecule has 0 bridgehead atoms. The number of aryl methyl sites for hydroxylation is 2. The van der Waals surface area contributed by atoms with Crippen molar-refractivity contribution >= 4 is 17.6 Å². The van der Waals surface area contributed by atoms with E-state index in [0.717, 1.165) is 5.56 Å². The molecule has 2 aromatic rings.